The molecule has 4 nitrogen and oxygen atoms in total. The molecular weight excluding hydrogens is 238 g/mol. The summed E-state index contributed by atoms with van der Waals surface area (Å²) in [6, 6.07) is 10.2. The second-order valence-electron chi connectivity index (χ2n) is 4.91. The molecule has 2 rings (SSSR count). The van der Waals surface area contributed by atoms with E-state index in [4.69, 9.17) is 4.52 Å². The van der Waals surface area contributed by atoms with E-state index in [2.05, 4.69) is 41.4 Å². The summed E-state index contributed by atoms with van der Waals surface area (Å²) < 4.78 is 5.23. The number of nitrogens with zero attached hydrogens (tertiary/aromatic N) is 2. The minimum Gasteiger partial charge on any atom is -0.338 e. The van der Waals surface area contributed by atoms with Gasteiger partial charge in [-0.3, -0.25) is 0 Å². The van der Waals surface area contributed by atoms with Gasteiger partial charge in [0.05, 0.1) is 6.54 Å². The van der Waals surface area contributed by atoms with Gasteiger partial charge in [0.15, 0.2) is 5.82 Å². The number of hydrogen-bond acceptors (Lipinski definition) is 4. The summed E-state index contributed by atoms with van der Waals surface area (Å²) in [5, 5.41) is 7.34. The van der Waals surface area contributed by atoms with E-state index in [-0.39, 0.29) is 0 Å². The number of hydrogen-bond donors (Lipinski definition) is 1. The zero-order valence-corrected chi connectivity index (χ0v) is 11.6. The number of aromatic nitrogens is 2. The molecule has 1 aromatic heterocycles. The van der Waals surface area contributed by atoms with Gasteiger partial charge in [-0.25, -0.2) is 0 Å². The van der Waals surface area contributed by atoms with Crippen molar-refractivity contribution >= 4 is 0 Å². The van der Waals surface area contributed by atoms with Gasteiger partial charge < -0.3 is 9.84 Å². The molecule has 0 radical (unpaired) electrons. The first kappa shape index (κ1) is 13.7. The molecule has 0 saturated heterocycles. The van der Waals surface area contributed by atoms with E-state index in [1.165, 1.54) is 12.0 Å². The fourth-order valence-corrected chi connectivity index (χ4v) is 1.78. The van der Waals surface area contributed by atoms with Crippen molar-refractivity contribution in [3.05, 3.63) is 47.6 Å². The molecule has 1 unspecified atom stereocenters. The SMILES string of the molecule is CCC(C)CNCc1nc(Cc2ccccc2)no1. The molecule has 0 saturated carbocycles. The minimum absolute atomic E-state index is 0.645. The number of benzene rings is 1. The highest BCUT2D eigenvalue weighted by molar-refractivity contribution is 5.18. The highest BCUT2D eigenvalue weighted by atomic mass is 16.5. The lowest BCUT2D eigenvalue weighted by Gasteiger charge is -2.07. The molecule has 1 N–H and O–H groups in total. The van der Waals surface area contributed by atoms with Crippen LogP contribution in [0.15, 0.2) is 34.9 Å². The van der Waals surface area contributed by atoms with Crippen LogP contribution in [0.5, 0.6) is 0 Å². The zero-order valence-electron chi connectivity index (χ0n) is 11.6. The lowest BCUT2D eigenvalue weighted by molar-refractivity contribution is 0.357. The third kappa shape index (κ3) is 4.48. The molecule has 0 fully saturated rings. The van der Waals surface area contributed by atoms with Gasteiger partial charge in [0.2, 0.25) is 5.89 Å². The van der Waals surface area contributed by atoms with E-state index < -0.39 is 0 Å². The first-order valence-corrected chi connectivity index (χ1v) is 6.84. The normalized spacial score (nSPS) is 12.5. The van der Waals surface area contributed by atoms with E-state index in [1.54, 1.807) is 0 Å². The molecule has 4 heteroatoms. The molecule has 1 aromatic carbocycles. The maximum absolute atomic E-state index is 5.23. The topological polar surface area (TPSA) is 51.0 Å². The predicted octanol–water partition coefficient (Wildman–Crippen LogP) is 2.80. The van der Waals surface area contributed by atoms with Gasteiger partial charge in [-0.1, -0.05) is 55.8 Å². The van der Waals surface area contributed by atoms with Crippen molar-refractivity contribution in [2.75, 3.05) is 6.54 Å². The van der Waals surface area contributed by atoms with Crippen molar-refractivity contribution in [3.63, 3.8) is 0 Å². The fourth-order valence-electron chi connectivity index (χ4n) is 1.78. The summed E-state index contributed by atoms with van der Waals surface area (Å²) in [6.45, 7) is 6.04. The van der Waals surface area contributed by atoms with Crippen molar-refractivity contribution < 1.29 is 4.52 Å². The molecule has 1 atom stereocenters. The molecule has 0 aliphatic rings. The Morgan fingerprint density at radius 1 is 1.26 bits per heavy atom. The molecule has 102 valence electrons. The van der Waals surface area contributed by atoms with E-state index in [1.807, 2.05) is 18.2 Å². The highest BCUT2D eigenvalue weighted by Gasteiger charge is 2.07. The summed E-state index contributed by atoms with van der Waals surface area (Å²) in [6.07, 6.45) is 1.89. The fraction of sp³-hybridized carbons (Fsp3) is 0.467. The Balaban J connectivity index is 1.82. The van der Waals surface area contributed by atoms with Crippen LogP contribution in [-0.2, 0) is 13.0 Å². The minimum atomic E-state index is 0.645. The van der Waals surface area contributed by atoms with Crippen molar-refractivity contribution in [2.45, 2.75) is 33.2 Å². The lowest BCUT2D eigenvalue weighted by Crippen LogP contribution is -2.20. The highest BCUT2D eigenvalue weighted by Crippen LogP contribution is 2.06. The molecule has 0 spiro atoms. The Hall–Kier alpha value is -1.68. The molecular formula is C15H21N3O. The van der Waals surface area contributed by atoms with Crippen LogP contribution in [0.1, 0.15) is 37.5 Å². The third-order valence-corrected chi connectivity index (χ3v) is 3.18. The van der Waals surface area contributed by atoms with Gasteiger partial charge >= 0.3 is 0 Å². The standard InChI is InChI=1S/C15H21N3O/c1-3-12(2)10-16-11-15-17-14(18-19-15)9-13-7-5-4-6-8-13/h4-8,12,16H,3,9-11H2,1-2H3. The van der Waals surface area contributed by atoms with Crippen molar-refractivity contribution in [3.8, 4) is 0 Å². The number of nitrogens with one attached hydrogen (secondary N) is 1. The average molecular weight is 259 g/mol. The summed E-state index contributed by atoms with van der Waals surface area (Å²) in [4.78, 5) is 4.39. The molecule has 0 bridgehead atoms. The molecule has 2 aromatic rings. The summed E-state index contributed by atoms with van der Waals surface area (Å²) in [5.41, 5.74) is 1.20. The van der Waals surface area contributed by atoms with Crippen LogP contribution in [0.25, 0.3) is 0 Å². The maximum atomic E-state index is 5.23. The summed E-state index contributed by atoms with van der Waals surface area (Å²) in [5.74, 6) is 2.08. The lowest BCUT2D eigenvalue weighted by atomic mass is 10.1. The van der Waals surface area contributed by atoms with Crippen LogP contribution in [0.4, 0.5) is 0 Å². The number of rotatable bonds is 7. The largest absolute Gasteiger partial charge is 0.338 e. The summed E-state index contributed by atoms with van der Waals surface area (Å²) >= 11 is 0. The van der Waals surface area contributed by atoms with Crippen molar-refractivity contribution in [1.29, 1.82) is 0 Å². The Morgan fingerprint density at radius 2 is 2.05 bits per heavy atom. The van der Waals surface area contributed by atoms with Crippen LogP contribution in [-0.4, -0.2) is 16.7 Å². The van der Waals surface area contributed by atoms with Gasteiger partial charge in [0.1, 0.15) is 0 Å². The van der Waals surface area contributed by atoms with E-state index in [9.17, 15) is 0 Å². The zero-order chi connectivity index (χ0) is 13.5. The summed E-state index contributed by atoms with van der Waals surface area (Å²) in [7, 11) is 0. The van der Waals surface area contributed by atoms with Gasteiger partial charge in [-0.2, -0.15) is 4.98 Å². The first-order valence-electron chi connectivity index (χ1n) is 6.84. The van der Waals surface area contributed by atoms with E-state index >= 15 is 0 Å². The second-order valence-corrected chi connectivity index (χ2v) is 4.91. The molecule has 0 aliphatic heterocycles. The Morgan fingerprint density at radius 3 is 2.79 bits per heavy atom. The molecule has 1 heterocycles. The second kappa shape index (κ2) is 7.04. The van der Waals surface area contributed by atoms with Crippen molar-refractivity contribution in [1.82, 2.24) is 15.5 Å². The Kier molecular flexibility index (Phi) is 5.10. The smallest absolute Gasteiger partial charge is 0.240 e. The first-order chi connectivity index (χ1) is 9.28. The molecule has 0 amide bonds. The van der Waals surface area contributed by atoms with Crippen LogP contribution >= 0.6 is 0 Å². The van der Waals surface area contributed by atoms with Crippen LogP contribution < -0.4 is 5.32 Å². The average Bonchev–Trinajstić information content (AvgIpc) is 2.87. The van der Waals surface area contributed by atoms with Gasteiger partial charge in [0.25, 0.3) is 0 Å². The van der Waals surface area contributed by atoms with Crippen LogP contribution in [0.2, 0.25) is 0 Å². The van der Waals surface area contributed by atoms with Crippen LogP contribution in [0, 0.1) is 5.92 Å². The van der Waals surface area contributed by atoms with Gasteiger partial charge in [-0.05, 0) is 18.0 Å². The van der Waals surface area contributed by atoms with E-state index in [0.717, 1.165) is 18.8 Å². The van der Waals surface area contributed by atoms with Gasteiger partial charge in [-0.15, -0.1) is 0 Å². The molecule has 0 aliphatic carbocycles. The third-order valence-electron chi connectivity index (χ3n) is 3.18. The molecule has 19 heavy (non-hydrogen) atoms. The quantitative estimate of drug-likeness (QED) is 0.830. The van der Waals surface area contributed by atoms with Crippen LogP contribution in [0.3, 0.4) is 0 Å². The van der Waals surface area contributed by atoms with E-state index in [0.29, 0.717) is 18.4 Å². The monoisotopic (exact) mass is 259 g/mol. The maximum Gasteiger partial charge on any atom is 0.240 e. The predicted molar refractivity (Wildman–Crippen MR) is 74.7 cm³/mol. The Bertz CT molecular complexity index is 481. The van der Waals surface area contributed by atoms with Crippen molar-refractivity contribution in [2.24, 2.45) is 5.92 Å². The van der Waals surface area contributed by atoms with Gasteiger partial charge in [0, 0.05) is 6.42 Å². The Labute approximate surface area is 114 Å².